The lowest BCUT2D eigenvalue weighted by Gasteiger charge is -2.30. The van der Waals surface area contributed by atoms with Crippen molar-refractivity contribution in [3.63, 3.8) is 0 Å². The van der Waals surface area contributed by atoms with Crippen LogP contribution in [0.3, 0.4) is 0 Å². The van der Waals surface area contributed by atoms with Gasteiger partial charge in [-0.25, -0.2) is 0 Å². The Kier molecular flexibility index (Phi) is 3.69. The van der Waals surface area contributed by atoms with E-state index in [2.05, 4.69) is 6.92 Å². The fourth-order valence-corrected chi connectivity index (χ4v) is 2.43. The smallest absolute Gasteiger partial charge is 0.282 e. The Morgan fingerprint density at radius 2 is 2.26 bits per heavy atom. The van der Waals surface area contributed by atoms with Gasteiger partial charge >= 0.3 is 0 Å². The van der Waals surface area contributed by atoms with E-state index < -0.39 is 4.92 Å². The minimum Gasteiger partial charge on any atom is -0.399 e. The number of hydrogen-bond acceptors (Lipinski definition) is 4. The van der Waals surface area contributed by atoms with Gasteiger partial charge in [-0.3, -0.25) is 14.9 Å². The first-order valence-corrected chi connectivity index (χ1v) is 6.32. The normalized spacial score (nSPS) is 19.2. The van der Waals surface area contributed by atoms with Crippen LogP contribution in [-0.4, -0.2) is 28.8 Å². The van der Waals surface area contributed by atoms with Crippen molar-refractivity contribution in [1.29, 1.82) is 0 Å². The summed E-state index contributed by atoms with van der Waals surface area (Å²) >= 11 is 0. The molecule has 0 aromatic heterocycles. The number of nitro benzene ring substituents is 1. The van der Waals surface area contributed by atoms with E-state index in [0.29, 0.717) is 24.7 Å². The van der Waals surface area contributed by atoms with E-state index in [1.54, 1.807) is 4.90 Å². The maximum Gasteiger partial charge on any atom is 0.282 e. The summed E-state index contributed by atoms with van der Waals surface area (Å²) < 4.78 is 0. The summed E-state index contributed by atoms with van der Waals surface area (Å²) in [6.45, 7) is 3.37. The second-order valence-corrected chi connectivity index (χ2v) is 5.03. The number of hydrogen-bond donors (Lipinski definition) is 1. The van der Waals surface area contributed by atoms with Crippen LogP contribution >= 0.6 is 0 Å². The molecule has 1 unspecified atom stereocenters. The molecule has 2 N–H and O–H groups in total. The van der Waals surface area contributed by atoms with Gasteiger partial charge in [0.15, 0.2) is 0 Å². The molecule has 1 saturated heterocycles. The number of anilines is 1. The minimum absolute atomic E-state index is 0.0825. The standard InChI is InChI=1S/C13H17N3O3/c1-9-3-2-6-15(8-9)13(17)11-7-10(14)4-5-12(11)16(18)19/h4-5,7,9H,2-3,6,8,14H2,1H3. The Morgan fingerprint density at radius 3 is 2.89 bits per heavy atom. The zero-order valence-electron chi connectivity index (χ0n) is 10.8. The van der Waals surface area contributed by atoms with Crippen LogP contribution in [0, 0.1) is 16.0 Å². The number of likely N-dealkylation sites (tertiary alicyclic amines) is 1. The summed E-state index contributed by atoms with van der Waals surface area (Å²) in [6.07, 6.45) is 2.02. The Morgan fingerprint density at radius 1 is 1.53 bits per heavy atom. The molecule has 1 aromatic carbocycles. The Bertz CT molecular complexity index is 516. The van der Waals surface area contributed by atoms with Crippen LogP contribution in [0.2, 0.25) is 0 Å². The van der Waals surface area contributed by atoms with Crippen LogP contribution in [0.1, 0.15) is 30.1 Å². The second-order valence-electron chi connectivity index (χ2n) is 5.03. The fourth-order valence-electron chi connectivity index (χ4n) is 2.43. The first-order chi connectivity index (χ1) is 8.99. The highest BCUT2D eigenvalue weighted by Gasteiger charge is 2.27. The van der Waals surface area contributed by atoms with Crippen molar-refractivity contribution in [3.8, 4) is 0 Å². The molecule has 1 aliphatic rings. The molecular formula is C13H17N3O3. The third-order valence-electron chi connectivity index (χ3n) is 3.39. The number of nitrogen functional groups attached to an aromatic ring is 1. The van der Waals surface area contributed by atoms with E-state index in [-0.39, 0.29) is 17.2 Å². The molecule has 0 saturated carbocycles. The van der Waals surface area contributed by atoms with Crippen molar-refractivity contribution < 1.29 is 9.72 Å². The number of benzene rings is 1. The number of carbonyl (C=O) groups is 1. The van der Waals surface area contributed by atoms with E-state index >= 15 is 0 Å². The molecule has 1 aromatic rings. The lowest BCUT2D eigenvalue weighted by molar-refractivity contribution is -0.385. The first kappa shape index (κ1) is 13.3. The SMILES string of the molecule is CC1CCCN(C(=O)c2cc(N)ccc2[N+](=O)[O-])C1. The van der Waals surface area contributed by atoms with Crippen molar-refractivity contribution in [2.45, 2.75) is 19.8 Å². The third-order valence-corrected chi connectivity index (χ3v) is 3.39. The van der Waals surface area contributed by atoms with E-state index in [1.165, 1.54) is 18.2 Å². The zero-order chi connectivity index (χ0) is 14.0. The summed E-state index contributed by atoms with van der Waals surface area (Å²) in [5.41, 5.74) is 5.89. The quantitative estimate of drug-likeness (QED) is 0.502. The predicted molar refractivity (Wildman–Crippen MR) is 71.8 cm³/mol. The molecule has 6 nitrogen and oxygen atoms in total. The maximum atomic E-state index is 12.4. The molecule has 1 aliphatic heterocycles. The fraction of sp³-hybridized carbons (Fsp3) is 0.462. The van der Waals surface area contributed by atoms with Crippen LogP contribution in [0.15, 0.2) is 18.2 Å². The number of nitrogens with zero attached hydrogens (tertiary/aromatic N) is 2. The summed E-state index contributed by atoms with van der Waals surface area (Å²) in [5.74, 6) is 0.128. The van der Waals surface area contributed by atoms with Crippen LogP contribution in [0.4, 0.5) is 11.4 Å². The largest absolute Gasteiger partial charge is 0.399 e. The van der Waals surface area contributed by atoms with Gasteiger partial charge in [0.25, 0.3) is 11.6 Å². The molecule has 6 heteroatoms. The van der Waals surface area contributed by atoms with Gasteiger partial charge < -0.3 is 10.6 Å². The van der Waals surface area contributed by atoms with Crippen LogP contribution in [0.5, 0.6) is 0 Å². The number of carbonyl (C=O) groups excluding carboxylic acids is 1. The topological polar surface area (TPSA) is 89.5 Å². The molecule has 0 spiro atoms. The summed E-state index contributed by atoms with van der Waals surface area (Å²) in [7, 11) is 0. The summed E-state index contributed by atoms with van der Waals surface area (Å²) in [5, 5.41) is 11.0. The van der Waals surface area contributed by atoms with Crippen molar-refractivity contribution in [2.24, 2.45) is 5.92 Å². The summed E-state index contributed by atoms with van der Waals surface area (Å²) in [4.78, 5) is 24.5. The average molecular weight is 263 g/mol. The third kappa shape index (κ3) is 2.83. The van der Waals surface area contributed by atoms with E-state index in [4.69, 9.17) is 5.73 Å². The highest BCUT2D eigenvalue weighted by atomic mass is 16.6. The van der Waals surface area contributed by atoms with Crippen molar-refractivity contribution >= 4 is 17.3 Å². The van der Waals surface area contributed by atoms with Gasteiger partial charge in [0.2, 0.25) is 0 Å². The number of rotatable bonds is 2. The first-order valence-electron chi connectivity index (χ1n) is 6.32. The number of amides is 1. The van der Waals surface area contributed by atoms with Gasteiger partial charge in [-0.05, 0) is 30.9 Å². The van der Waals surface area contributed by atoms with Gasteiger partial charge in [-0.2, -0.15) is 0 Å². The van der Waals surface area contributed by atoms with Gasteiger partial charge in [-0.15, -0.1) is 0 Å². The lowest BCUT2D eigenvalue weighted by atomic mass is 9.99. The molecule has 1 atom stereocenters. The molecule has 0 radical (unpaired) electrons. The molecule has 102 valence electrons. The molecule has 0 bridgehead atoms. The average Bonchev–Trinajstić information content (AvgIpc) is 2.37. The number of nitrogens with two attached hydrogens (primary N) is 1. The van der Waals surface area contributed by atoms with Gasteiger partial charge in [-0.1, -0.05) is 6.92 Å². The molecular weight excluding hydrogens is 246 g/mol. The Labute approximate surface area is 111 Å². The zero-order valence-corrected chi connectivity index (χ0v) is 10.8. The highest BCUT2D eigenvalue weighted by molar-refractivity contribution is 5.99. The second kappa shape index (κ2) is 5.26. The van der Waals surface area contributed by atoms with Crippen LogP contribution < -0.4 is 5.73 Å². The molecule has 0 aliphatic carbocycles. The van der Waals surface area contributed by atoms with E-state index in [0.717, 1.165) is 12.8 Å². The highest BCUT2D eigenvalue weighted by Crippen LogP contribution is 2.25. The van der Waals surface area contributed by atoms with Crippen LogP contribution in [-0.2, 0) is 0 Å². The van der Waals surface area contributed by atoms with E-state index in [9.17, 15) is 14.9 Å². The van der Waals surface area contributed by atoms with Gasteiger partial charge in [0.1, 0.15) is 5.56 Å². The van der Waals surface area contributed by atoms with E-state index in [1.807, 2.05) is 0 Å². The van der Waals surface area contributed by atoms with Crippen molar-refractivity contribution in [2.75, 3.05) is 18.8 Å². The number of nitro groups is 1. The molecule has 1 amide bonds. The van der Waals surface area contributed by atoms with Gasteiger partial charge in [0.05, 0.1) is 4.92 Å². The molecule has 19 heavy (non-hydrogen) atoms. The Hall–Kier alpha value is -2.11. The molecule has 1 heterocycles. The van der Waals surface area contributed by atoms with Crippen LogP contribution in [0.25, 0.3) is 0 Å². The monoisotopic (exact) mass is 263 g/mol. The molecule has 1 fully saturated rings. The number of piperidine rings is 1. The minimum atomic E-state index is -0.542. The predicted octanol–water partition coefficient (Wildman–Crippen LogP) is 2.05. The summed E-state index contributed by atoms with van der Waals surface area (Å²) in [6, 6.07) is 4.11. The van der Waals surface area contributed by atoms with Crippen molar-refractivity contribution in [3.05, 3.63) is 33.9 Å². The lowest BCUT2D eigenvalue weighted by Crippen LogP contribution is -2.39. The Balaban J connectivity index is 2.32. The molecule has 2 rings (SSSR count). The van der Waals surface area contributed by atoms with Crippen molar-refractivity contribution in [1.82, 2.24) is 4.90 Å². The van der Waals surface area contributed by atoms with Gasteiger partial charge in [0, 0.05) is 24.8 Å². The maximum absolute atomic E-state index is 12.4.